The Balaban J connectivity index is 1.50. The zero-order valence-electron chi connectivity index (χ0n) is 16.5. The van der Waals surface area contributed by atoms with Crippen molar-refractivity contribution in [2.24, 2.45) is 11.8 Å². The summed E-state index contributed by atoms with van der Waals surface area (Å²) in [6.45, 7) is 4.04. The predicted octanol–water partition coefficient (Wildman–Crippen LogP) is 5.14. The third-order valence-electron chi connectivity index (χ3n) is 6.67. The van der Waals surface area contributed by atoms with Crippen LogP contribution in [0.15, 0.2) is 40.9 Å². The molecule has 2 aromatic rings. The van der Waals surface area contributed by atoms with Gasteiger partial charge in [0.05, 0.1) is 24.0 Å². The van der Waals surface area contributed by atoms with E-state index in [1.54, 1.807) is 0 Å². The summed E-state index contributed by atoms with van der Waals surface area (Å²) in [7, 11) is 0. The van der Waals surface area contributed by atoms with Crippen LogP contribution < -0.4 is 4.74 Å². The average Bonchev–Trinajstić information content (AvgIpc) is 3.38. The highest BCUT2D eigenvalue weighted by Gasteiger charge is 2.63. The molecule has 1 aliphatic carbocycles. The lowest BCUT2D eigenvalue weighted by Crippen LogP contribution is -2.29. The van der Waals surface area contributed by atoms with Crippen LogP contribution in [0.2, 0.25) is 0 Å². The Labute approximate surface area is 178 Å². The quantitative estimate of drug-likeness (QED) is 0.599. The van der Waals surface area contributed by atoms with E-state index < -0.39 is 5.92 Å². The highest BCUT2D eigenvalue weighted by Crippen LogP contribution is 2.52. The number of Topliss-reactive ketones (excluding diaryl/α,β-unsaturated/α-hetero) is 2. The van der Waals surface area contributed by atoms with Crippen molar-refractivity contribution >= 4 is 27.5 Å². The molecule has 2 aromatic carbocycles. The first-order valence-electron chi connectivity index (χ1n) is 10.3. The number of halogens is 1. The summed E-state index contributed by atoms with van der Waals surface area (Å²) in [5.74, 6) is 0.304. The van der Waals surface area contributed by atoms with E-state index in [9.17, 15) is 9.59 Å². The molecular formula is C24H23BrO4. The lowest BCUT2D eigenvalue weighted by molar-refractivity contribution is -0.127. The van der Waals surface area contributed by atoms with Gasteiger partial charge in [-0.15, -0.1) is 0 Å². The standard InChI is InChI=1S/C24H23BrO4/c1-3-13-4-6-15(28-17-7-5-14(25)10-12(17)2)11-16(13)20-23(26)21-18-8-9-19(29-18)22(21)24(20)27/h4-7,10-11,18-22H,3,8-9H2,1-2H3/t18-,19+,20?,21-,22+. The van der Waals surface area contributed by atoms with Crippen molar-refractivity contribution in [3.8, 4) is 11.5 Å². The molecule has 1 unspecified atom stereocenters. The van der Waals surface area contributed by atoms with Gasteiger partial charge in [0.25, 0.3) is 0 Å². The van der Waals surface area contributed by atoms with E-state index in [0.717, 1.165) is 46.2 Å². The van der Waals surface area contributed by atoms with Crippen molar-refractivity contribution in [1.29, 1.82) is 0 Å². The highest BCUT2D eigenvalue weighted by atomic mass is 79.9. The normalized spacial score (nSPS) is 30.1. The van der Waals surface area contributed by atoms with Gasteiger partial charge in [-0.3, -0.25) is 9.59 Å². The van der Waals surface area contributed by atoms with Crippen LogP contribution in [0.25, 0.3) is 0 Å². The predicted molar refractivity (Wildman–Crippen MR) is 112 cm³/mol. The van der Waals surface area contributed by atoms with E-state index in [-0.39, 0.29) is 35.6 Å². The van der Waals surface area contributed by atoms with E-state index in [1.165, 1.54) is 0 Å². The number of hydrogen-bond acceptors (Lipinski definition) is 4. The number of hydrogen-bond donors (Lipinski definition) is 0. The summed E-state index contributed by atoms with van der Waals surface area (Å²) < 4.78 is 13.0. The average molecular weight is 455 g/mol. The minimum atomic E-state index is -0.679. The van der Waals surface area contributed by atoms with E-state index in [0.29, 0.717) is 5.75 Å². The van der Waals surface area contributed by atoms with Crippen LogP contribution in [0.3, 0.4) is 0 Å². The van der Waals surface area contributed by atoms with E-state index in [1.807, 2.05) is 43.3 Å². The number of rotatable bonds is 4. The molecule has 5 atom stereocenters. The molecule has 2 bridgehead atoms. The zero-order chi connectivity index (χ0) is 20.3. The van der Waals surface area contributed by atoms with Crippen LogP contribution in [-0.4, -0.2) is 23.8 Å². The van der Waals surface area contributed by atoms with E-state index in [2.05, 4.69) is 22.9 Å². The Hall–Kier alpha value is -1.98. The molecule has 150 valence electrons. The fourth-order valence-corrected chi connectivity index (χ4v) is 5.79. The number of fused-ring (bicyclic) bond motifs is 5. The lowest BCUT2D eigenvalue weighted by atomic mass is 9.81. The molecule has 29 heavy (non-hydrogen) atoms. The zero-order valence-corrected chi connectivity index (χ0v) is 18.1. The Kier molecular flexibility index (Phi) is 4.63. The molecule has 3 aliphatic rings. The molecule has 1 saturated carbocycles. The minimum Gasteiger partial charge on any atom is -0.457 e. The number of carbonyl (C=O) groups excluding carboxylic acids is 2. The first-order valence-corrected chi connectivity index (χ1v) is 11.1. The largest absolute Gasteiger partial charge is 0.457 e. The summed E-state index contributed by atoms with van der Waals surface area (Å²) in [6, 6.07) is 11.6. The molecule has 0 aromatic heterocycles. The molecule has 3 fully saturated rings. The van der Waals surface area contributed by atoms with Gasteiger partial charge in [-0.2, -0.15) is 0 Å². The van der Waals surface area contributed by atoms with Gasteiger partial charge >= 0.3 is 0 Å². The molecule has 0 amide bonds. The molecule has 2 saturated heterocycles. The van der Waals surface area contributed by atoms with Gasteiger partial charge in [0.15, 0.2) is 11.6 Å². The number of aryl methyl sites for hydroxylation is 2. The number of ether oxygens (including phenoxy) is 2. The maximum atomic E-state index is 13.3. The third kappa shape index (κ3) is 2.98. The van der Waals surface area contributed by atoms with Gasteiger partial charge in [-0.25, -0.2) is 0 Å². The number of benzene rings is 2. The minimum absolute atomic E-state index is 0.0406. The summed E-state index contributed by atoms with van der Waals surface area (Å²) in [5, 5.41) is 0. The Morgan fingerprint density at radius 3 is 2.34 bits per heavy atom. The van der Waals surface area contributed by atoms with Gasteiger partial charge < -0.3 is 9.47 Å². The maximum absolute atomic E-state index is 13.3. The van der Waals surface area contributed by atoms with Crippen molar-refractivity contribution < 1.29 is 19.1 Å². The van der Waals surface area contributed by atoms with Gasteiger partial charge in [0, 0.05) is 4.47 Å². The second-order valence-corrected chi connectivity index (χ2v) is 9.22. The fourth-order valence-electron chi connectivity index (χ4n) is 5.31. The van der Waals surface area contributed by atoms with Crippen LogP contribution in [0, 0.1) is 18.8 Å². The molecule has 5 rings (SSSR count). The van der Waals surface area contributed by atoms with Crippen LogP contribution in [0.5, 0.6) is 11.5 Å². The van der Waals surface area contributed by atoms with Crippen molar-refractivity contribution in [2.75, 3.05) is 0 Å². The van der Waals surface area contributed by atoms with Crippen molar-refractivity contribution in [2.45, 2.75) is 51.2 Å². The molecule has 0 spiro atoms. The lowest BCUT2D eigenvalue weighted by Gasteiger charge is -2.17. The second kappa shape index (κ2) is 7.06. The SMILES string of the molecule is CCc1ccc(Oc2ccc(Br)cc2C)cc1C1C(=O)[C@@H]2[C@H](C1=O)[C@H]1CC[C@@H]2O1. The number of carbonyl (C=O) groups is 2. The Morgan fingerprint density at radius 1 is 1.03 bits per heavy atom. The smallest absolute Gasteiger partial charge is 0.154 e. The molecular weight excluding hydrogens is 432 g/mol. The van der Waals surface area contributed by atoms with Crippen LogP contribution in [-0.2, 0) is 20.7 Å². The van der Waals surface area contributed by atoms with Crippen LogP contribution in [0.1, 0.15) is 42.4 Å². The second-order valence-electron chi connectivity index (χ2n) is 8.31. The molecule has 5 heteroatoms. The summed E-state index contributed by atoms with van der Waals surface area (Å²) >= 11 is 3.47. The van der Waals surface area contributed by atoms with Crippen molar-refractivity contribution in [1.82, 2.24) is 0 Å². The number of ketones is 2. The van der Waals surface area contributed by atoms with E-state index in [4.69, 9.17) is 9.47 Å². The molecule has 4 nitrogen and oxygen atoms in total. The summed E-state index contributed by atoms with van der Waals surface area (Å²) in [6.07, 6.45) is 2.42. The molecule has 2 aliphatic heterocycles. The summed E-state index contributed by atoms with van der Waals surface area (Å²) in [5.41, 5.74) is 2.85. The monoisotopic (exact) mass is 454 g/mol. The third-order valence-corrected chi connectivity index (χ3v) is 7.17. The fraction of sp³-hybridized carbons (Fsp3) is 0.417. The topological polar surface area (TPSA) is 52.6 Å². The first kappa shape index (κ1) is 19.0. The van der Waals surface area contributed by atoms with Gasteiger partial charge in [0.2, 0.25) is 0 Å². The molecule has 2 heterocycles. The Bertz CT molecular complexity index is 986. The Morgan fingerprint density at radius 2 is 1.72 bits per heavy atom. The van der Waals surface area contributed by atoms with Crippen molar-refractivity contribution in [3.05, 3.63) is 57.6 Å². The van der Waals surface area contributed by atoms with Crippen molar-refractivity contribution in [3.63, 3.8) is 0 Å². The molecule has 0 radical (unpaired) electrons. The summed E-state index contributed by atoms with van der Waals surface area (Å²) in [4.78, 5) is 26.5. The maximum Gasteiger partial charge on any atom is 0.154 e. The van der Waals surface area contributed by atoms with E-state index >= 15 is 0 Å². The van der Waals surface area contributed by atoms with Gasteiger partial charge in [0.1, 0.15) is 17.4 Å². The van der Waals surface area contributed by atoms with Crippen LogP contribution in [0.4, 0.5) is 0 Å². The van der Waals surface area contributed by atoms with Gasteiger partial charge in [-0.05, 0) is 73.2 Å². The van der Waals surface area contributed by atoms with Gasteiger partial charge in [-0.1, -0.05) is 28.9 Å². The highest BCUT2D eigenvalue weighted by molar-refractivity contribution is 9.10. The van der Waals surface area contributed by atoms with Crippen LogP contribution >= 0.6 is 15.9 Å². The first-order chi connectivity index (χ1) is 14.0. The molecule has 0 N–H and O–H groups in total.